The number of hydrogen-bond acceptors (Lipinski definition) is 6. The molecule has 1 aliphatic rings. The summed E-state index contributed by atoms with van der Waals surface area (Å²) in [6, 6.07) is 3.79. The van der Waals surface area contributed by atoms with Gasteiger partial charge in [0.15, 0.2) is 11.5 Å². The average Bonchev–Trinajstić information content (AvgIpc) is 3.21. The lowest BCUT2D eigenvalue weighted by Crippen LogP contribution is -2.39. The van der Waals surface area contributed by atoms with E-state index in [0.717, 1.165) is 11.5 Å². The zero-order valence-corrected chi connectivity index (χ0v) is 14.9. The molecule has 4 rings (SSSR count). The van der Waals surface area contributed by atoms with E-state index in [1.54, 1.807) is 17.8 Å². The Morgan fingerprint density at radius 1 is 1.16 bits per heavy atom. The first-order valence-corrected chi connectivity index (χ1v) is 9.57. The Morgan fingerprint density at radius 3 is 2.60 bits per heavy atom. The van der Waals surface area contributed by atoms with Gasteiger partial charge in [-0.2, -0.15) is 13.9 Å². The number of aryl methyl sites for hydroxylation is 2. The maximum atomic E-state index is 12.7. The predicted molar refractivity (Wildman–Crippen MR) is 89.5 cm³/mol. The molecule has 10 heteroatoms. The summed E-state index contributed by atoms with van der Waals surface area (Å²) < 4.78 is 30.2. The molecule has 0 unspecified atom stereocenters. The maximum absolute atomic E-state index is 12.7. The summed E-state index contributed by atoms with van der Waals surface area (Å²) in [6.45, 7) is 2.78. The topological polar surface area (TPSA) is 98.3 Å². The standard InChI is InChI=1S/C15H19N7O2S/c1-11-3-4-13-17-18-14(22(13)19-11)12-5-8-21(9-6-12)25(23,24)15-16-7-10-20(15)2/h3-4,7,10,12H,5-6,8-9H2,1-2H3. The van der Waals surface area contributed by atoms with E-state index in [1.165, 1.54) is 15.1 Å². The van der Waals surface area contributed by atoms with Crippen molar-refractivity contribution in [2.45, 2.75) is 30.8 Å². The highest BCUT2D eigenvalue weighted by atomic mass is 32.2. The van der Waals surface area contributed by atoms with Gasteiger partial charge in [0.25, 0.3) is 10.0 Å². The van der Waals surface area contributed by atoms with E-state index in [0.29, 0.717) is 31.6 Å². The van der Waals surface area contributed by atoms with E-state index >= 15 is 0 Å². The summed E-state index contributed by atoms with van der Waals surface area (Å²) in [5.74, 6) is 0.935. The molecule has 9 nitrogen and oxygen atoms in total. The molecular weight excluding hydrogens is 342 g/mol. The third kappa shape index (κ3) is 2.71. The number of aromatic nitrogens is 6. The zero-order valence-electron chi connectivity index (χ0n) is 14.1. The van der Waals surface area contributed by atoms with Gasteiger partial charge in [0.2, 0.25) is 5.16 Å². The van der Waals surface area contributed by atoms with Crippen molar-refractivity contribution >= 4 is 15.7 Å². The Morgan fingerprint density at radius 2 is 1.92 bits per heavy atom. The van der Waals surface area contributed by atoms with Crippen LogP contribution in [0.15, 0.2) is 29.7 Å². The van der Waals surface area contributed by atoms with Gasteiger partial charge in [-0.15, -0.1) is 10.2 Å². The Labute approximate surface area is 145 Å². The van der Waals surface area contributed by atoms with Crippen LogP contribution in [0, 0.1) is 6.92 Å². The second-order valence-electron chi connectivity index (χ2n) is 6.30. The van der Waals surface area contributed by atoms with Gasteiger partial charge >= 0.3 is 0 Å². The van der Waals surface area contributed by atoms with Crippen LogP contribution in [0.1, 0.15) is 30.3 Å². The van der Waals surface area contributed by atoms with Crippen molar-refractivity contribution in [3.63, 3.8) is 0 Å². The summed E-state index contributed by atoms with van der Waals surface area (Å²) in [7, 11) is -1.88. The van der Waals surface area contributed by atoms with Crippen LogP contribution in [-0.4, -0.2) is 55.2 Å². The molecule has 3 aromatic heterocycles. The minimum Gasteiger partial charge on any atom is -0.324 e. The van der Waals surface area contributed by atoms with Gasteiger partial charge in [-0.1, -0.05) is 0 Å². The molecule has 3 aromatic rings. The van der Waals surface area contributed by atoms with Crippen LogP contribution < -0.4 is 0 Å². The van der Waals surface area contributed by atoms with Gasteiger partial charge in [0.05, 0.1) is 5.69 Å². The number of piperidine rings is 1. The minimum absolute atomic E-state index is 0.0798. The zero-order chi connectivity index (χ0) is 17.6. The van der Waals surface area contributed by atoms with Crippen molar-refractivity contribution in [3.8, 4) is 0 Å². The monoisotopic (exact) mass is 361 g/mol. The van der Waals surface area contributed by atoms with Crippen LogP contribution in [0.25, 0.3) is 5.65 Å². The number of sulfonamides is 1. The molecule has 1 fully saturated rings. The second kappa shape index (κ2) is 5.88. The van der Waals surface area contributed by atoms with E-state index in [9.17, 15) is 8.42 Å². The number of rotatable bonds is 3. The summed E-state index contributed by atoms with van der Waals surface area (Å²) >= 11 is 0. The SMILES string of the molecule is Cc1ccc2nnc(C3CCN(S(=O)(=O)c4nccn4C)CC3)n2n1. The first-order valence-electron chi connectivity index (χ1n) is 8.13. The molecule has 0 amide bonds. The molecule has 132 valence electrons. The van der Waals surface area contributed by atoms with Crippen LogP contribution in [0.2, 0.25) is 0 Å². The fourth-order valence-electron chi connectivity index (χ4n) is 3.22. The van der Waals surface area contributed by atoms with Crippen molar-refractivity contribution in [1.29, 1.82) is 0 Å². The minimum atomic E-state index is -3.56. The molecule has 0 bridgehead atoms. The van der Waals surface area contributed by atoms with Crippen molar-refractivity contribution in [2.24, 2.45) is 7.05 Å². The van der Waals surface area contributed by atoms with Crippen LogP contribution in [0.4, 0.5) is 0 Å². The van der Waals surface area contributed by atoms with Crippen molar-refractivity contribution in [3.05, 3.63) is 36.0 Å². The van der Waals surface area contributed by atoms with E-state index in [2.05, 4.69) is 20.3 Å². The summed E-state index contributed by atoms with van der Waals surface area (Å²) in [5.41, 5.74) is 1.60. The average molecular weight is 361 g/mol. The molecule has 1 aliphatic heterocycles. The Kier molecular flexibility index (Phi) is 3.80. The highest BCUT2D eigenvalue weighted by Crippen LogP contribution is 2.29. The van der Waals surface area contributed by atoms with Gasteiger partial charge in [0.1, 0.15) is 0 Å². The third-order valence-electron chi connectivity index (χ3n) is 4.59. The maximum Gasteiger partial charge on any atom is 0.276 e. The first kappa shape index (κ1) is 16.2. The molecule has 0 spiro atoms. The van der Waals surface area contributed by atoms with Gasteiger partial charge in [-0.25, -0.2) is 13.4 Å². The van der Waals surface area contributed by atoms with Crippen molar-refractivity contribution in [2.75, 3.05) is 13.1 Å². The highest BCUT2D eigenvalue weighted by molar-refractivity contribution is 7.89. The quantitative estimate of drug-likeness (QED) is 0.682. The van der Waals surface area contributed by atoms with Gasteiger partial charge in [0, 0.05) is 38.4 Å². The van der Waals surface area contributed by atoms with Crippen LogP contribution in [0.3, 0.4) is 0 Å². The van der Waals surface area contributed by atoms with Gasteiger partial charge in [-0.3, -0.25) is 0 Å². The Bertz CT molecular complexity index is 1020. The molecule has 0 saturated carbocycles. The van der Waals surface area contributed by atoms with Gasteiger partial charge < -0.3 is 4.57 Å². The van der Waals surface area contributed by atoms with E-state index < -0.39 is 10.0 Å². The number of hydrogen-bond donors (Lipinski definition) is 0. The lowest BCUT2D eigenvalue weighted by Gasteiger charge is -2.29. The molecule has 4 heterocycles. The van der Waals surface area contributed by atoms with E-state index in [4.69, 9.17) is 0 Å². The largest absolute Gasteiger partial charge is 0.324 e. The third-order valence-corrected chi connectivity index (χ3v) is 6.49. The molecule has 25 heavy (non-hydrogen) atoms. The fourth-order valence-corrected chi connectivity index (χ4v) is 4.76. The molecule has 0 radical (unpaired) electrons. The summed E-state index contributed by atoms with van der Waals surface area (Å²) in [5, 5.41) is 13.0. The van der Waals surface area contributed by atoms with Gasteiger partial charge in [-0.05, 0) is 31.9 Å². The molecule has 0 atom stereocenters. The number of fused-ring (bicyclic) bond motifs is 1. The number of nitrogens with zero attached hydrogens (tertiary/aromatic N) is 7. The van der Waals surface area contributed by atoms with Crippen molar-refractivity contribution in [1.82, 2.24) is 33.7 Å². The smallest absolute Gasteiger partial charge is 0.276 e. The first-order chi connectivity index (χ1) is 12.0. The van der Waals surface area contributed by atoms with Crippen LogP contribution in [0.5, 0.6) is 0 Å². The molecule has 0 aliphatic carbocycles. The fraction of sp³-hybridized carbons (Fsp3) is 0.467. The summed E-state index contributed by atoms with van der Waals surface area (Å²) in [4.78, 5) is 3.98. The molecule has 0 N–H and O–H groups in total. The van der Waals surface area contributed by atoms with E-state index in [-0.39, 0.29) is 11.1 Å². The molecule has 1 saturated heterocycles. The highest BCUT2D eigenvalue weighted by Gasteiger charge is 2.33. The second-order valence-corrected chi connectivity index (χ2v) is 8.13. The molecular formula is C15H19N7O2S. The lowest BCUT2D eigenvalue weighted by molar-refractivity contribution is 0.309. The Balaban J connectivity index is 1.55. The Hall–Kier alpha value is -2.33. The van der Waals surface area contributed by atoms with Crippen LogP contribution in [-0.2, 0) is 17.1 Å². The van der Waals surface area contributed by atoms with E-state index in [1.807, 2.05) is 19.1 Å². The number of imidazole rings is 1. The molecule has 0 aromatic carbocycles. The lowest BCUT2D eigenvalue weighted by atomic mass is 9.97. The summed E-state index contributed by atoms with van der Waals surface area (Å²) in [6.07, 6.45) is 4.49. The van der Waals surface area contributed by atoms with Crippen LogP contribution >= 0.6 is 0 Å². The predicted octanol–water partition coefficient (Wildman–Crippen LogP) is 0.735. The normalized spacial score (nSPS) is 17.4. The van der Waals surface area contributed by atoms with Crippen molar-refractivity contribution < 1.29 is 8.42 Å².